The second kappa shape index (κ2) is 6.08. The lowest BCUT2D eigenvalue weighted by Gasteiger charge is -2.16. The molecule has 86 valence electrons. The van der Waals surface area contributed by atoms with Gasteiger partial charge in [-0.2, -0.15) is 0 Å². The topological polar surface area (TPSA) is 28.2 Å². The van der Waals surface area contributed by atoms with Crippen LogP contribution in [0.25, 0.3) is 0 Å². The summed E-state index contributed by atoms with van der Waals surface area (Å²) in [5, 5.41) is 4.50. The first-order chi connectivity index (χ1) is 7.22. The Bertz CT molecular complexity index is 292. The molecule has 1 heterocycles. The maximum absolute atomic E-state index is 4.61. The van der Waals surface area contributed by atoms with Crippen LogP contribution in [0.1, 0.15) is 31.3 Å². The van der Waals surface area contributed by atoms with E-state index in [4.69, 9.17) is 0 Å². The van der Waals surface area contributed by atoms with Gasteiger partial charge in [-0.25, -0.2) is 4.98 Å². The molecule has 0 aliphatic carbocycles. The smallest absolute Gasteiger partial charge is 0.185 e. The van der Waals surface area contributed by atoms with E-state index < -0.39 is 0 Å². The Hall–Kier alpha value is -0.610. The molecule has 0 radical (unpaired) electrons. The quantitative estimate of drug-likeness (QED) is 0.809. The van der Waals surface area contributed by atoms with Crippen molar-refractivity contribution in [3.63, 3.8) is 0 Å². The molecule has 0 saturated heterocycles. The molecule has 0 spiro atoms. The number of anilines is 1. The third-order valence-electron chi connectivity index (χ3n) is 2.45. The molecule has 15 heavy (non-hydrogen) atoms. The Morgan fingerprint density at radius 2 is 1.93 bits per heavy atom. The minimum Gasteiger partial charge on any atom is -0.349 e. The molecule has 0 fully saturated rings. The van der Waals surface area contributed by atoms with Gasteiger partial charge in [-0.05, 0) is 27.3 Å². The number of aryl methyl sites for hydroxylation is 1. The van der Waals surface area contributed by atoms with E-state index in [1.807, 2.05) is 11.3 Å². The number of hydrogen-bond donors (Lipinski definition) is 1. The van der Waals surface area contributed by atoms with Gasteiger partial charge in [-0.1, -0.05) is 6.92 Å². The third kappa shape index (κ3) is 3.18. The molecule has 0 aromatic carbocycles. The fraction of sp³-hybridized carbons (Fsp3) is 0.727. The number of aromatic nitrogens is 1. The van der Waals surface area contributed by atoms with Crippen LogP contribution in [0.2, 0.25) is 0 Å². The van der Waals surface area contributed by atoms with E-state index in [-0.39, 0.29) is 0 Å². The number of thiazole rings is 1. The van der Waals surface area contributed by atoms with Gasteiger partial charge in [0.2, 0.25) is 0 Å². The normalized spacial score (nSPS) is 10.7. The van der Waals surface area contributed by atoms with E-state index in [2.05, 4.69) is 42.9 Å². The Labute approximate surface area is 96.5 Å². The highest BCUT2D eigenvalue weighted by Gasteiger charge is 2.10. The minimum absolute atomic E-state index is 0.946. The van der Waals surface area contributed by atoms with Crippen molar-refractivity contribution in [1.29, 1.82) is 0 Å². The average Bonchev–Trinajstić information content (AvgIpc) is 2.59. The summed E-state index contributed by atoms with van der Waals surface area (Å²) >= 11 is 1.81. The first-order valence-electron chi connectivity index (χ1n) is 5.64. The van der Waals surface area contributed by atoms with Crippen LogP contribution in [0.5, 0.6) is 0 Å². The lowest BCUT2D eigenvalue weighted by atomic mass is 10.4. The summed E-state index contributed by atoms with van der Waals surface area (Å²) < 4.78 is 0. The number of rotatable bonds is 6. The second-order valence-corrected chi connectivity index (χ2v) is 4.52. The van der Waals surface area contributed by atoms with Crippen LogP contribution < -0.4 is 10.2 Å². The van der Waals surface area contributed by atoms with Gasteiger partial charge in [0, 0.05) is 24.5 Å². The molecule has 1 aromatic rings. The SMILES string of the molecule is CCNCc1sc(N(CC)CC)nc1C. The molecule has 4 heteroatoms. The highest BCUT2D eigenvalue weighted by molar-refractivity contribution is 7.15. The Kier molecular flexibility index (Phi) is 5.05. The van der Waals surface area contributed by atoms with Crippen molar-refractivity contribution in [2.24, 2.45) is 0 Å². The highest BCUT2D eigenvalue weighted by atomic mass is 32.1. The van der Waals surface area contributed by atoms with Crippen LogP contribution in [-0.2, 0) is 6.54 Å². The van der Waals surface area contributed by atoms with Gasteiger partial charge in [0.1, 0.15) is 0 Å². The number of hydrogen-bond acceptors (Lipinski definition) is 4. The summed E-state index contributed by atoms with van der Waals surface area (Å²) in [6.07, 6.45) is 0. The zero-order chi connectivity index (χ0) is 11.3. The molecule has 1 aromatic heterocycles. The van der Waals surface area contributed by atoms with Crippen molar-refractivity contribution in [1.82, 2.24) is 10.3 Å². The van der Waals surface area contributed by atoms with Crippen LogP contribution in [-0.4, -0.2) is 24.6 Å². The molecule has 0 amide bonds. The molecule has 0 bridgehead atoms. The zero-order valence-electron chi connectivity index (χ0n) is 10.1. The van der Waals surface area contributed by atoms with Gasteiger partial charge < -0.3 is 10.2 Å². The molecule has 0 saturated carbocycles. The van der Waals surface area contributed by atoms with Crippen molar-refractivity contribution in [3.8, 4) is 0 Å². The van der Waals surface area contributed by atoms with Crippen LogP contribution in [0.4, 0.5) is 5.13 Å². The lowest BCUT2D eigenvalue weighted by Crippen LogP contribution is -2.21. The Morgan fingerprint density at radius 1 is 1.27 bits per heavy atom. The first-order valence-corrected chi connectivity index (χ1v) is 6.46. The summed E-state index contributed by atoms with van der Waals surface area (Å²) in [6.45, 7) is 12.6. The summed E-state index contributed by atoms with van der Waals surface area (Å²) in [7, 11) is 0. The van der Waals surface area contributed by atoms with E-state index in [0.29, 0.717) is 0 Å². The fourth-order valence-electron chi connectivity index (χ4n) is 1.44. The fourth-order valence-corrected chi connectivity index (χ4v) is 2.60. The second-order valence-electron chi connectivity index (χ2n) is 3.46. The van der Waals surface area contributed by atoms with E-state index in [9.17, 15) is 0 Å². The van der Waals surface area contributed by atoms with Gasteiger partial charge >= 0.3 is 0 Å². The van der Waals surface area contributed by atoms with Crippen LogP contribution in [0.15, 0.2) is 0 Å². The molecule has 1 rings (SSSR count). The maximum Gasteiger partial charge on any atom is 0.185 e. The molecule has 1 N–H and O–H groups in total. The van der Waals surface area contributed by atoms with Crippen LogP contribution >= 0.6 is 11.3 Å². The Morgan fingerprint density at radius 3 is 2.47 bits per heavy atom. The van der Waals surface area contributed by atoms with Crippen molar-refractivity contribution < 1.29 is 0 Å². The molecule has 0 unspecified atom stereocenters. The average molecular weight is 227 g/mol. The van der Waals surface area contributed by atoms with E-state index in [1.54, 1.807) is 0 Å². The number of nitrogens with zero attached hydrogens (tertiary/aromatic N) is 2. The van der Waals surface area contributed by atoms with Gasteiger partial charge in [-0.15, -0.1) is 11.3 Å². The van der Waals surface area contributed by atoms with E-state index in [0.717, 1.165) is 31.3 Å². The van der Waals surface area contributed by atoms with Crippen molar-refractivity contribution in [2.45, 2.75) is 34.2 Å². The van der Waals surface area contributed by atoms with Gasteiger partial charge in [0.15, 0.2) is 5.13 Å². The maximum atomic E-state index is 4.61. The van der Waals surface area contributed by atoms with E-state index in [1.165, 1.54) is 10.6 Å². The summed E-state index contributed by atoms with van der Waals surface area (Å²) in [5.74, 6) is 0. The Balaban J connectivity index is 2.75. The summed E-state index contributed by atoms with van der Waals surface area (Å²) in [6, 6.07) is 0. The van der Waals surface area contributed by atoms with Crippen molar-refractivity contribution in [2.75, 3.05) is 24.5 Å². The summed E-state index contributed by atoms with van der Waals surface area (Å²) in [5.41, 5.74) is 1.17. The van der Waals surface area contributed by atoms with E-state index >= 15 is 0 Å². The first kappa shape index (κ1) is 12.5. The summed E-state index contributed by atoms with van der Waals surface area (Å²) in [4.78, 5) is 8.27. The van der Waals surface area contributed by atoms with Crippen molar-refractivity contribution >= 4 is 16.5 Å². The standard InChI is InChI=1S/C11H21N3S/c1-5-12-8-10-9(4)13-11(15-10)14(6-2)7-3/h12H,5-8H2,1-4H3. The molecule has 0 atom stereocenters. The van der Waals surface area contributed by atoms with Crippen LogP contribution in [0.3, 0.4) is 0 Å². The zero-order valence-corrected chi connectivity index (χ0v) is 10.9. The number of nitrogens with one attached hydrogen (secondary N) is 1. The predicted molar refractivity (Wildman–Crippen MR) is 67.8 cm³/mol. The predicted octanol–water partition coefficient (Wildman–Crippen LogP) is 2.41. The molecular weight excluding hydrogens is 206 g/mol. The highest BCUT2D eigenvalue weighted by Crippen LogP contribution is 2.25. The van der Waals surface area contributed by atoms with Crippen molar-refractivity contribution in [3.05, 3.63) is 10.6 Å². The van der Waals surface area contributed by atoms with Gasteiger partial charge in [0.25, 0.3) is 0 Å². The largest absolute Gasteiger partial charge is 0.349 e. The monoisotopic (exact) mass is 227 g/mol. The van der Waals surface area contributed by atoms with Gasteiger partial charge in [-0.3, -0.25) is 0 Å². The molecular formula is C11H21N3S. The van der Waals surface area contributed by atoms with Crippen LogP contribution in [0, 0.1) is 6.92 Å². The molecule has 0 aliphatic heterocycles. The van der Waals surface area contributed by atoms with Gasteiger partial charge in [0.05, 0.1) is 5.69 Å². The lowest BCUT2D eigenvalue weighted by molar-refractivity contribution is 0.731. The molecule has 3 nitrogen and oxygen atoms in total. The minimum atomic E-state index is 0.946. The third-order valence-corrected chi connectivity index (χ3v) is 3.67. The molecule has 0 aliphatic rings.